The molecule has 1 aromatic carbocycles. The maximum atomic E-state index is 12.8. The molecule has 22 heavy (non-hydrogen) atoms. The summed E-state index contributed by atoms with van der Waals surface area (Å²) in [5.41, 5.74) is 1.13. The quantitative estimate of drug-likeness (QED) is 0.774. The zero-order valence-corrected chi connectivity index (χ0v) is 13.7. The number of carbonyl (C=O) groups is 1. The molecule has 116 valence electrons. The minimum Gasteiger partial charge on any atom is -0.272 e. The van der Waals surface area contributed by atoms with Crippen LogP contribution in [-0.4, -0.2) is 23.0 Å². The number of nitriles is 1. The summed E-state index contributed by atoms with van der Waals surface area (Å²) >= 11 is 5.74. The van der Waals surface area contributed by atoms with Crippen molar-refractivity contribution in [3.63, 3.8) is 0 Å². The number of halogens is 1. The molecule has 2 rings (SSSR count). The van der Waals surface area contributed by atoms with Crippen molar-refractivity contribution >= 4 is 23.7 Å². The molecule has 1 aliphatic rings. The van der Waals surface area contributed by atoms with E-state index in [-0.39, 0.29) is 11.9 Å². The first-order chi connectivity index (χ1) is 10.5. The van der Waals surface area contributed by atoms with Crippen LogP contribution in [0.3, 0.4) is 0 Å². The van der Waals surface area contributed by atoms with Gasteiger partial charge in [-0.1, -0.05) is 26.0 Å². The van der Waals surface area contributed by atoms with Crippen molar-refractivity contribution in [2.24, 2.45) is 10.5 Å². The summed E-state index contributed by atoms with van der Waals surface area (Å²) in [5, 5.41) is 14.7. The average Bonchev–Trinajstić information content (AvgIpc) is 3.01. The van der Waals surface area contributed by atoms with Crippen LogP contribution in [0.4, 0.5) is 0 Å². The molecule has 0 fully saturated rings. The van der Waals surface area contributed by atoms with Gasteiger partial charge in [0.2, 0.25) is 5.91 Å². The Morgan fingerprint density at radius 1 is 1.45 bits per heavy atom. The van der Waals surface area contributed by atoms with Crippen molar-refractivity contribution in [3.8, 4) is 6.07 Å². The Morgan fingerprint density at radius 3 is 2.73 bits per heavy atom. The summed E-state index contributed by atoms with van der Waals surface area (Å²) in [6.45, 7) is 3.87. The Hall–Kier alpha value is -1.86. The second-order valence-corrected chi connectivity index (χ2v) is 6.49. The van der Waals surface area contributed by atoms with E-state index in [0.717, 1.165) is 18.4 Å². The van der Waals surface area contributed by atoms with Crippen LogP contribution < -0.4 is 0 Å². The van der Waals surface area contributed by atoms with Gasteiger partial charge in [0.05, 0.1) is 17.7 Å². The average molecular weight is 318 g/mol. The van der Waals surface area contributed by atoms with Crippen molar-refractivity contribution in [1.29, 1.82) is 5.26 Å². The Labute approximate surface area is 136 Å². The van der Waals surface area contributed by atoms with Crippen LogP contribution in [0, 0.1) is 16.7 Å². The summed E-state index contributed by atoms with van der Waals surface area (Å²) in [6, 6.07) is 9.35. The molecule has 0 N–H and O–H groups in total. The van der Waals surface area contributed by atoms with E-state index in [0.29, 0.717) is 17.9 Å². The molecule has 0 bridgehead atoms. The summed E-state index contributed by atoms with van der Waals surface area (Å²) in [5.74, 6) is 0.569. The van der Waals surface area contributed by atoms with Crippen LogP contribution in [0.25, 0.3) is 0 Å². The molecular formula is C17H20ClN3O. The van der Waals surface area contributed by atoms with Gasteiger partial charge in [-0.05, 0) is 30.5 Å². The number of hydrogen-bond acceptors (Lipinski definition) is 3. The van der Waals surface area contributed by atoms with Gasteiger partial charge in [-0.3, -0.25) is 4.79 Å². The first kappa shape index (κ1) is 16.5. The number of rotatable bonds is 5. The molecule has 1 heterocycles. The molecule has 0 aliphatic carbocycles. The first-order valence-electron chi connectivity index (χ1n) is 7.42. The molecule has 1 unspecified atom stereocenters. The molecule has 0 spiro atoms. The fraction of sp³-hybridized carbons (Fsp3) is 0.471. The van der Waals surface area contributed by atoms with Gasteiger partial charge in [0.1, 0.15) is 0 Å². The molecule has 5 heteroatoms. The Kier molecular flexibility index (Phi) is 5.20. The SMILES string of the molecule is CC(C)(CCCCl)C(=O)N1N=CCC1c1ccc(C#N)cc1. The van der Waals surface area contributed by atoms with Crippen molar-refractivity contribution in [3.05, 3.63) is 35.4 Å². The normalized spacial score (nSPS) is 17.5. The first-order valence-corrected chi connectivity index (χ1v) is 7.95. The van der Waals surface area contributed by atoms with E-state index >= 15 is 0 Å². The highest BCUT2D eigenvalue weighted by atomic mass is 35.5. The van der Waals surface area contributed by atoms with Crippen LogP contribution in [0.5, 0.6) is 0 Å². The number of hydrazone groups is 1. The third-order valence-electron chi connectivity index (χ3n) is 3.98. The van der Waals surface area contributed by atoms with Crippen molar-refractivity contribution in [2.45, 2.75) is 39.2 Å². The van der Waals surface area contributed by atoms with E-state index in [1.54, 1.807) is 23.4 Å². The summed E-state index contributed by atoms with van der Waals surface area (Å²) in [6.07, 6.45) is 4.02. The molecule has 4 nitrogen and oxygen atoms in total. The Morgan fingerprint density at radius 2 is 2.14 bits per heavy atom. The van der Waals surface area contributed by atoms with E-state index in [9.17, 15) is 4.79 Å². The van der Waals surface area contributed by atoms with Crippen LogP contribution in [-0.2, 0) is 4.79 Å². The summed E-state index contributed by atoms with van der Waals surface area (Å²) in [4.78, 5) is 12.8. The van der Waals surface area contributed by atoms with Crippen LogP contribution in [0.15, 0.2) is 29.4 Å². The van der Waals surface area contributed by atoms with Gasteiger partial charge >= 0.3 is 0 Å². The van der Waals surface area contributed by atoms with E-state index in [1.165, 1.54) is 0 Å². The Bertz CT molecular complexity index is 601. The maximum Gasteiger partial charge on any atom is 0.248 e. The second-order valence-electron chi connectivity index (χ2n) is 6.11. The molecule has 0 saturated carbocycles. The number of alkyl halides is 1. The summed E-state index contributed by atoms with van der Waals surface area (Å²) < 4.78 is 0. The minimum atomic E-state index is -0.485. The van der Waals surface area contributed by atoms with Crippen LogP contribution in [0.1, 0.15) is 50.3 Å². The van der Waals surface area contributed by atoms with Gasteiger partial charge in [-0.2, -0.15) is 10.4 Å². The van der Waals surface area contributed by atoms with E-state index in [4.69, 9.17) is 16.9 Å². The highest BCUT2D eigenvalue weighted by molar-refractivity contribution is 6.17. The molecule has 1 atom stereocenters. The largest absolute Gasteiger partial charge is 0.272 e. The van der Waals surface area contributed by atoms with Crippen molar-refractivity contribution < 1.29 is 4.79 Å². The van der Waals surface area contributed by atoms with Gasteiger partial charge in [0.15, 0.2) is 0 Å². The van der Waals surface area contributed by atoms with E-state index < -0.39 is 5.41 Å². The third-order valence-corrected chi connectivity index (χ3v) is 4.24. The van der Waals surface area contributed by atoms with E-state index in [2.05, 4.69) is 11.2 Å². The highest BCUT2D eigenvalue weighted by Gasteiger charge is 2.37. The molecule has 1 aromatic rings. The predicted octanol–water partition coefficient (Wildman–Crippen LogP) is 3.86. The van der Waals surface area contributed by atoms with E-state index in [1.807, 2.05) is 26.0 Å². The highest BCUT2D eigenvalue weighted by Crippen LogP contribution is 2.34. The molecule has 1 aliphatic heterocycles. The smallest absolute Gasteiger partial charge is 0.248 e. The zero-order valence-electron chi connectivity index (χ0n) is 12.9. The van der Waals surface area contributed by atoms with Crippen LogP contribution in [0.2, 0.25) is 0 Å². The predicted molar refractivity (Wildman–Crippen MR) is 87.6 cm³/mol. The monoisotopic (exact) mass is 317 g/mol. The standard InChI is InChI=1S/C17H20ClN3O/c1-17(2,9-3-10-18)16(22)21-15(8-11-20-21)14-6-4-13(12-19)5-7-14/h4-7,11,15H,3,8-10H2,1-2H3. The second kappa shape index (κ2) is 6.93. The molecule has 0 aromatic heterocycles. The molecular weight excluding hydrogens is 298 g/mol. The number of nitrogens with zero attached hydrogens (tertiary/aromatic N) is 3. The molecule has 0 radical (unpaired) electrons. The zero-order chi connectivity index (χ0) is 16.2. The van der Waals surface area contributed by atoms with Crippen LogP contribution >= 0.6 is 11.6 Å². The number of carbonyl (C=O) groups excluding carboxylic acids is 1. The topological polar surface area (TPSA) is 56.5 Å². The maximum absolute atomic E-state index is 12.8. The van der Waals surface area contributed by atoms with Gasteiger partial charge in [-0.15, -0.1) is 11.6 Å². The third kappa shape index (κ3) is 3.48. The van der Waals surface area contributed by atoms with Crippen molar-refractivity contribution in [1.82, 2.24) is 5.01 Å². The molecule has 1 amide bonds. The summed E-state index contributed by atoms with van der Waals surface area (Å²) in [7, 11) is 0. The van der Waals surface area contributed by atoms with Gasteiger partial charge < -0.3 is 0 Å². The number of amides is 1. The van der Waals surface area contributed by atoms with Gasteiger partial charge in [-0.25, -0.2) is 5.01 Å². The fourth-order valence-electron chi connectivity index (χ4n) is 2.59. The lowest BCUT2D eigenvalue weighted by Crippen LogP contribution is -2.38. The minimum absolute atomic E-state index is 0.0146. The lowest BCUT2D eigenvalue weighted by atomic mass is 9.86. The number of benzene rings is 1. The van der Waals surface area contributed by atoms with Gasteiger partial charge in [0.25, 0.3) is 0 Å². The van der Waals surface area contributed by atoms with Crippen molar-refractivity contribution in [2.75, 3.05) is 5.88 Å². The Balaban J connectivity index is 2.17. The number of hydrogen-bond donors (Lipinski definition) is 0. The molecule has 0 saturated heterocycles. The van der Waals surface area contributed by atoms with Gasteiger partial charge in [0, 0.05) is 23.9 Å². The lowest BCUT2D eigenvalue weighted by Gasteiger charge is -2.31. The lowest BCUT2D eigenvalue weighted by molar-refractivity contribution is -0.142. The fourth-order valence-corrected chi connectivity index (χ4v) is 2.73.